The van der Waals surface area contributed by atoms with E-state index in [2.05, 4.69) is 25.8 Å². The summed E-state index contributed by atoms with van der Waals surface area (Å²) < 4.78 is 20.0. The van der Waals surface area contributed by atoms with E-state index in [0.717, 1.165) is 55.8 Å². The Balaban J connectivity index is 1.33. The molecule has 5 rings (SSSR count). The lowest BCUT2D eigenvalue weighted by Crippen LogP contribution is -2.51. The average molecular weight is 553 g/mol. The van der Waals surface area contributed by atoms with Crippen molar-refractivity contribution in [2.75, 3.05) is 37.6 Å². The molecular formula is C30H41FN6O3. The molecule has 216 valence electrons. The molecule has 0 spiro atoms. The first-order valence-electron chi connectivity index (χ1n) is 14.3. The van der Waals surface area contributed by atoms with E-state index in [9.17, 15) is 14.0 Å². The van der Waals surface area contributed by atoms with Crippen LogP contribution in [0.25, 0.3) is 11.4 Å². The van der Waals surface area contributed by atoms with Crippen molar-refractivity contribution in [3.05, 3.63) is 40.8 Å². The number of hydrogen-bond acceptors (Lipinski definition) is 7. The molecule has 1 saturated carbocycles. The Morgan fingerprint density at radius 1 is 1.20 bits per heavy atom. The summed E-state index contributed by atoms with van der Waals surface area (Å²) in [5, 5.41) is 9.33. The first kappa shape index (κ1) is 28.3. The first-order chi connectivity index (χ1) is 18.9. The standard InChI is InChI=1S/C30H41FN6O3/c1-18-10-21(11-24(31)19(18)2)25-33-13-22(14-34-27(38)30(7-8-30)23-15-32-16-23)26(36-25)37-9-6-20(17-37)12-35-28(39)40-29(3,4)5/h10-11,13,20,23,32H,6-9,12,14-17H2,1-5H3,(H,34,38)(H,35,39). The Bertz CT molecular complexity index is 1260. The van der Waals surface area contributed by atoms with Gasteiger partial charge in [0, 0.05) is 56.6 Å². The van der Waals surface area contributed by atoms with Gasteiger partial charge in [-0.1, -0.05) is 0 Å². The van der Waals surface area contributed by atoms with Crippen LogP contribution in [-0.2, 0) is 16.1 Å². The molecule has 1 atom stereocenters. The molecule has 2 aromatic rings. The molecule has 2 amide bonds. The highest BCUT2D eigenvalue weighted by atomic mass is 19.1. The molecule has 10 heteroatoms. The van der Waals surface area contributed by atoms with Crippen LogP contribution in [-0.4, -0.2) is 60.3 Å². The normalized spacial score (nSPS) is 20.1. The molecule has 1 unspecified atom stereocenters. The zero-order valence-corrected chi connectivity index (χ0v) is 24.2. The highest BCUT2D eigenvalue weighted by molar-refractivity contribution is 5.86. The third-order valence-electron chi connectivity index (χ3n) is 8.47. The number of benzene rings is 1. The lowest BCUT2D eigenvalue weighted by molar-refractivity contribution is -0.129. The quantitative estimate of drug-likeness (QED) is 0.456. The van der Waals surface area contributed by atoms with E-state index in [-0.39, 0.29) is 23.1 Å². The van der Waals surface area contributed by atoms with Crippen molar-refractivity contribution in [2.45, 2.75) is 66.0 Å². The topological polar surface area (TPSA) is 108 Å². The van der Waals surface area contributed by atoms with Crippen molar-refractivity contribution >= 4 is 17.8 Å². The van der Waals surface area contributed by atoms with Gasteiger partial charge in [-0.3, -0.25) is 4.79 Å². The summed E-state index contributed by atoms with van der Waals surface area (Å²) in [5.74, 6) is 1.62. The number of hydrogen-bond donors (Lipinski definition) is 3. The summed E-state index contributed by atoms with van der Waals surface area (Å²) in [6.07, 6.45) is 4.07. The number of nitrogens with zero attached hydrogens (tertiary/aromatic N) is 3. The van der Waals surface area contributed by atoms with Crippen molar-refractivity contribution in [3.63, 3.8) is 0 Å². The van der Waals surface area contributed by atoms with Gasteiger partial charge in [0.1, 0.15) is 17.2 Å². The predicted octanol–water partition coefficient (Wildman–Crippen LogP) is 3.87. The van der Waals surface area contributed by atoms with Gasteiger partial charge < -0.3 is 25.6 Å². The van der Waals surface area contributed by atoms with Crippen molar-refractivity contribution in [3.8, 4) is 11.4 Å². The zero-order chi connectivity index (χ0) is 28.7. The summed E-state index contributed by atoms with van der Waals surface area (Å²) in [6, 6.07) is 3.38. The minimum atomic E-state index is -0.551. The van der Waals surface area contributed by atoms with Crippen molar-refractivity contribution in [1.29, 1.82) is 0 Å². The van der Waals surface area contributed by atoms with E-state index in [4.69, 9.17) is 9.72 Å². The third-order valence-corrected chi connectivity index (χ3v) is 8.47. The lowest BCUT2D eigenvalue weighted by atomic mass is 9.83. The van der Waals surface area contributed by atoms with Crippen molar-refractivity contribution in [1.82, 2.24) is 25.9 Å². The minimum Gasteiger partial charge on any atom is -0.444 e. The second kappa shape index (κ2) is 11.0. The number of aryl methyl sites for hydroxylation is 1. The summed E-state index contributed by atoms with van der Waals surface area (Å²) >= 11 is 0. The van der Waals surface area contributed by atoms with Crippen LogP contribution >= 0.6 is 0 Å². The molecule has 1 aromatic carbocycles. The van der Waals surface area contributed by atoms with E-state index in [0.29, 0.717) is 42.5 Å². The number of alkyl carbamates (subject to hydrolysis) is 1. The number of aromatic nitrogens is 2. The molecular weight excluding hydrogens is 511 g/mol. The molecule has 40 heavy (non-hydrogen) atoms. The molecule has 0 bridgehead atoms. The van der Waals surface area contributed by atoms with Crippen molar-refractivity contribution in [2.24, 2.45) is 17.3 Å². The maximum Gasteiger partial charge on any atom is 0.407 e. The number of carbonyl (C=O) groups is 2. The predicted molar refractivity (Wildman–Crippen MR) is 151 cm³/mol. The minimum absolute atomic E-state index is 0.103. The molecule has 3 fully saturated rings. The Morgan fingerprint density at radius 3 is 2.58 bits per heavy atom. The molecule has 2 saturated heterocycles. The number of rotatable bonds is 8. The summed E-state index contributed by atoms with van der Waals surface area (Å²) in [4.78, 5) is 37.0. The molecule has 1 aliphatic carbocycles. The van der Waals surface area contributed by atoms with Gasteiger partial charge in [0.15, 0.2) is 5.82 Å². The average Bonchev–Trinajstić information content (AvgIpc) is 3.50. The Hall–Kier alpha value is -3.27. The van der Waals surface area contributed by atoms with Gasteiger partial charge in [0.25, 0.3) is 0 Å². The fourth-order valence-corrected chi connectivity index (χ4v) is 5.60. The Kier molecular flexibility index (Phi) is 7.74. The van der Waals surface area contributed by atoms with Crippen LogP contribution in [0, 0.1) is 36.9 Å². The number of nitrogens with one attached hydrogen (secondary N) is 3. The molecule has 1 aromatic heterocycles. The van der Waals surface area contributed by atoms with Crippen LogP contribution in [0.4, 0.5) is 15.0 Å². The molecule has 3 heterocycles. The smallest absolute Gasteiger partial charge is 0.407 e. The largest absolute Gasteiger partial charge is 0.444 e. The number of halogens is 1. The second-order valence-electron chi connectivity index (χ2n) is 12.6. The molecule has 3 N–H and O–H groups in total. The molecule has 0 radical (unpaired) electrons. The number of anilines is 1. The monoisotopic (exact) mass is 552 g/mol. The van der Waals surface area contributed by atoms with Crippen LogP contribution in [0.5, 0.6) is 0 Å². The highest BCUT2D eigenvalue weighted by Crippen LogP contribution is 2.53. The van der Waals surface area contributed by atoms with Gasteiger partial charge in [-0.2, -0.15) is 0 Å². The fraction of sp³-hybridized carbons (Fsp3) is 0.600. The SMILES string of the molecule is Cc1cc(-c2ncc(CNC(=O)C3(C4CNC4)CC3)c(N3CCC(CNC(=O)OC(C)(C)C)C3)n2)cc(F)c1C. The van der Waals surface area contributed by atoms with Gasteiger partial charge in [0.2, 0.25) is 5.91 Å². The van der Waals surface area contributed by atoms with E-state index < -0.39 is 11.7 Å². The van der Waals surface area contributed by atoms with Crippen LogP contribution in [0.15, 0.2) is 18.3 Å². The van der Waals surface area contributed by atoms with Crippen LogP contribution < -0.4 is 20.9 Å². The van der Waals surface area contributed by atoms with E-state index in [1.807, 2.05) is 33.8 Å². The van der Waals surface area contributed by atoms with E-state index in [1.54, 1.807) is 13.1 Å². The maximum atomic E-state index is 14.6. The number of ether oxygens (including phenoxy) is 1. The van der Waals surface area contributed by atoms with Gasteiger partial charge in [-0.25, -0.2) is 19.2 Å². The second-order valence-corrected chi connectivity index (χ2v) is 12.6. The molecule has 2 aliphatic heterocycles. The summed E-state index contributed by atoms with van der Waals surface area (Å²) in [6.45, 7) is 13.2. The van der Waals surface area contributed by atoms with Crippen molar-refractivity contribution < 1.29 is 18.7 Å². The third kappa shape index (κ3) is 6.06. The Labute approximate surface area is 235 Å². The van der Waals surface area contributed by atoms with E-state index >= 15 is 0 Å². The first-order valence-corrected chi connectivity index (χ1v) is 14.3. The lowest BCUT2D eigenvalue weighted by Gasteiger charge is -2.34. The van der Waals surface area contributed by atoms with Gasteiger partial charge in [-0.15, -0.1) is 0 Å². The van der Waals surface area contributed by atoms with Gasteiger partial charge in [-0.05, 0) is 89.0 Å². The summed E-state index contributed by atoms with van der Waals surface area (Å²) in [5.41, 5.74) is 2.10. The maximum absolute atomic E-state index is 14.6. The number of amides is 2. The zero-order valence-electron chi connectivity index (χ0n) is 24.2. The Morgan fingerprint density at radius 2 is 1.95 bits per heavy atom. The van der Waals surface area contributed by atoms with Gasteiger partial charge >= 0.3 is 6.09 Å². The number of carbonyl (C=O) groups excluding carboxylic acids is 2. The van der Waals surface area contributed by atoms with E-state index in [1.165, 1.54) is 6.07 Å². The molecule has 9 nitrogen and oxygen atoms in total. The van der Waals surface area contributed by atoms with Gasteiger partial charge in [0.05, 0.1) is 5.41 Å². The molecule has 3 aliphatic rings. The highest BCUT2D eigenvalue weighted by Gasteiger charge is 2.56. The summed E-state index contributed by atoms with van der Waals surface area (Å²) in [7, 11) is 0. The fourth-order valence-electron chi connectivity index (χ4n) is 5.60. The van der Waals surface area contributed by atoms with Crippen LogP contribution in [0.1, 0.15) is 56.7 Å². The van der Waals surface area contributed by atoms with Crippen LogP contribution in [0.3, 0.4) is 0 Å². The van der Waals surface area contributed by atoms with Crippen LogP contribution in [0.2, 0.25) is 0 Å².